The van der Waals surface area contributed by atoms with Crippen molar-refractivity contribution in [1.29, 1.82) is 0 Å². The van der Waals surface area contributed by atoms with E-state index in [2.05, 4.69) is 152 Å². The second-order valence-electron chi connectivity index (χ2n) is 16.5. The Kier molecular flexibility index (Phi) is 6.12. The Labute approximate surface area is 324 Å². The molecule has 0 spiro atoms. The van der Waals surface area contributed by atoms with Gasteiger partial charge in [-0.15, -0.1) is 0 Å². The number of benzene rings is 7. The summed E-state index contributed by atoms with van der Waals surface area (Å²) in [7, 11) is 0. The molecular formula is C51H37N5. The first-order chi connectivity index (χ1) is 27.3. The van der Waals surface area contributed by atoms with E-state index in [1.165, 1.54) is 77.2 Å². The monoisotopic (exact) mass is 719 g/mol. The minimum absolute atomic E-state index is 0.240. The Morgan fingerprint density at radius 3 is 1.62 bits per heavy atom. The summed E-state index contributed by atoms with van der Waals surface area (Å²) in [6.45, 7) is 9.56. The van der Waals surface area contributed by atoms with Crippen LogP contribution in [0.2, 0.25) is 0 Å². The molecule has 0 saturated carbocycles. The van der Waals surface area contributed by atoms with Crippen molar-refractivity contribution in [1.82, 2.24) is 24.1 Å². The highest BCUT2D eigenvalue weighted by Crippen LogP contribution is 2.54. The molecule has 0 N–H and O–H groups in total. The summed E-state index contributed by atoms with van der Waals surface area (Å²) in [5.74, 6) is 1.99. The predicted molar refractivity (Wildman–Crippen MR) is 229 cm³/mol. The molecular weight excluding hydrogens is 683 g/mol. The summed E-state index contributed by atoms with van der Waals surface area (Å²) in [6.07, 6.45) is 0. The van der Waals surface area contributed by atoms with E-state index >= 15 is 0 Å². The van der Waals surface area contributed by atoms with E-state index in [1.807, 2.05) is 36.4 Å². The lowest BCUT2D eigenvalue weighted by Gasteiger charge is -2.35. The molecule has 0 unspecified atom stereocenters. The second kappa shape index (κ2) is 10.9. The van der Waals surface area contributed by atoms with E-state index in [4.69, 9.17) is 15.0 Å². The molecule has 266 valence electrons. The topological polar surface area (TPSA) is 48.5 Å². The van der Waals surface area contributed by atoms with Crippen LogP contribution in [0.25, 0.3) is 89.2 Å². The maximum Gasteiger partial charge on any atom is 0.164 e. The molecule has 5 heterocycles. The predicted octanol–water partition coefficient (Wildman–Crippen LogP) is 12.3. The third-order valence-corrected chi connectivity index (χ3v) is 12.7. The molecule has 0 radical (unpaired) electrons. The van der Waals surface area contributed by atoms with Crippen molar-refractivity contribution in [2.75, 3.05) is 0 Å². The average Bonchev–Trinajstić information content (AvgIpc) is 3.76. The van der Waals surface area contributed by atoms with Crippen LogP contribution in [0.1, 0.15) is 49.9 Å². The number of para-hydroxylation sites is 3. The number of rotatable bonds is 3. The smallest absolute Gasteiger partial charge is 0.164 e. The first-order valence-corrected chi connectivity index (χ1v) is 19.5. The number of aromatic nitrogens is 5. The van der Waals surface area contributed by atoms with E-state index in [-0.39, 0.29) is 10.8 Å². The summed E-state index contributed by atoms with van der Waals surface area (Å²) < 4.78 is 5.06. The molecule has 2 aliphatic heterocycles. The lowest BCUT2D eigenvalue weighted by atomic mass is 9.72. The van der Waals surface area contributed by atoms with E-state index in [0.29, 0.717) is 17.5 Å². The molecule has 7 aromatic carbocycles. The molecule has 0 bridgehead atoms. The van der Waals surface area contributed by atoms with Gasteiger partial charge < -0.3 is 9.13 Å². The molecule has 12 rings (SSSR count). The van der Waals surface area contributed by atoms with Gasteiger partial charge in [-0.2, -0.15) is 0 Å². The molecule has 3 aromatic heterocycles. The van der Waals surface area contributed by atoms with Gasteiger partial charge in [0, 0.05) is 49.1 Å². The first-order valence-electron chi connectivity index (χ1n) is 19.5. The van der Waals surface area contributed by atoms with Crippen LogP contribution in [-0.2, 0) is 10.8 Å². The second-order valence-corrected chi connectivity index (χ2v) is 16.5. The molecule has 5 heteroatoms. The molecule has 0 saturated heterocycles. The van der Waals surface area contributed by atoms with Crippen LogP contribution in [0.4, 0.5) is 0 Å². The van der Waals surface area contributed by atoms with Crippen LogP contribution in [0, 0.1) is 0 Å². The fourth-order valence-corrected chi connectivity index (χ4v) is 10.1. The van der Waals surface area contributed by atoms with Gasteiger partial charge in [0.05, 0.1) is 33.4 Å². The van der Waals surface area contributed by atoms with Crippen LogP contribution in [0.3, 0.4) is 0 Å². The molecule has 2 aliphatic rings. The van der Waals surface area contributed by atoms with Crippen LogP contribution >= 0.6 is 0 Å². The van der Waals surface area contributed by atoms with Gasteiger partial charge in [0.15, 0.2) is 17.5 Å². The average molecular weight is 720 g/mol. The molecule has 56 heavy (non-hydrogen) atoms. The standard InChI is InChI=1S/C51H37N5/c1-50(2)36-22-14-21-35-43-41(27-28-42-44(43)51(3,4)37-23-13-20-34-33-19-11-12-24-39(33)55(42)45(34)37)56(46(35)36)40-26-25-32(29-38(40)50)49-53-47(30-15-7-5-8-16-30)52-48(54-49)31-17-9-6-10-18-31/h5-29H,1-4H3. The highest BCUT2D eigenvalue weighted by molar-refractivity contribution is 6.17. The van der Waals surface area contributed by atoms with Crippen molar-refractivity contribution in [3.05, 3.63) is 174 Å². The number of hydrogen-bond acceptors (Lipinski definition) is 3. The quantitative estimate of drug-likeness (QED) is 0.183. The molecule has 0 amide bonds. The maximum absolute atomic E-state index is 5.10. The largest absolute Gasteiger partial charge is 0.309 e. The van der Waals surface area contributed by atoms with E-state index in [1.54, 1.807) is 0 Å². The Morgan fingerprint density at radius 1 is 0.393 bits per heavy atom. The maximum atomic E-state index is 5.10. The number of fused-ring (bicyclic) bond motifs is 11. The van der Waals surface area contributed by atoms with Crippen LogP contribution in [0.5, 0.6) is 0 Å². The van der Waals surface area contributed by atoms with Gasteiger partial charge in [-0.1, -0.05) is 143 Å². The normalized spacial score (nSPS) is 14.7. The van der Waals surface area contributed by atoms with Crippen molar-refractivity contribution in [3.8, 4) is 45.5 Å². The van der Waals surface area contributed by atoms with Crippen LogP contribution in [0.15, 0.2) is 152 Å². The van der Waals surface area contributed by atoms with Crippen molar-refractivity contribution in [2.24, 2.45) is 0 Å². The van der Waals surface area contributed by atoms with Gasteiger partial charge in [-0.3, -0.25) is 0 Å². The van der Waals surface area contributed by atoms with Gasteiger partial charge in [-0.05, 0) is 58.7 Å². The molecule has 5 nitrogen and oxygen atoms in total. The third-order valence-electron chi connectivity index (χ3n) is 12.7. The third kappa shape index (κ3) is 4.02. The minimum atomic E-state index is -0.294. The van der Waals surface area contributed by atoms with Crippen molar-refractivity contribution in [3.63, 3.8) is 0 Å². The zero-order chi connectivity index (χ0) is 37.5. The van der Waals surface area contributed by atoms with E-state index in [0.717, 1.165) is 16.7 Å². The summed E-state index contributed by atoms with van der Waals surface area (Å²) >= 11 is 0. The minimum Gasteiger partial charge on any atom is -0.309 e. The lowest BCUT2D eigenvalue weighted by Crippen LogP contribution is -2.27. The summed E-state index contributed by atoms with van der Waals surface area (Å²) in [4.78, 5) is 15.2. The van der Waals surface area contributed by atoms with Crippen LogP contribution in [-0.4, -0.2) is 24.1 Å². The first kappa shape index (κ1) is 31.5. The van der Waals surface area contributed by atoms with Gasteiger partial charge >= 0.3 is 0 Å². The van der Waals surface area contributed by atoms with E-state index < -0.39 is 0 Å². The highest BCUT2D eigenvalue weighted by atomic mass is 15.0. The van der Waals surface area contributed by atoms with E-state index in [9.17, 15) is 0 Å². The highest BCUT2D eigenvalue weighted by Gasteiger charge is 2.40. The van der Waals surface area contributed by atoms with Gasteiger partial charge in [0.2, 0.25) is 0 Å². The summed E-state index contributed by atoms with van der Waals surface area (Å²) in [5, 5.41) is 5.24. The zero-order valence-electron chi connectivity index (χ0n) is 31.7. The zero-order valence-corrected chi connectivity index (χ0v) is 31.7. The van der Waals surface area contributed by atoms with Crippen molar-refractivity contribution in [2.45, 2.75) is 38.5 Å². The van der Waals surface area contributed by atoms with Crippen LogP contribution < -0.4 is 0 Å². The Bertz CT molecular complexity index is 3230. The molecule has 0 aliphatic carbocycles. The number of nitrogens with zero attached hydrogens (tertiary/aromatic N) is 5. The lowest BCUT2D eigenvalue weighted by molar-refractivity contribution is 0.630. The van der Waals surface area contributed by atoms with Gasteiger partial charge in [-0.25, -0.2) is 15.0 Å². The summed E-state index contributed by atoms with van der Waals surface area (Å²) in [5.41, 5.74) is 15.2. The Hall–Kier alpha value is -6.85. The molecule has 0 atom stereocenters. The Balaban J connectivity index is 1.12. The fourth-order valence-electron chi connectivity index (χ4n) is 10.1. The molecule has 10 aromatic rings. The van der Waals surface area contributed by atoms with Crippen molar-refractivity contribution < 1.29 is 0 Å². The van der Waals surface area contributed by atoms with Gasteiger partial charge in [0.1, 0.15) is 0 Å². The number of hydrogen-bond donors (Lipinski definition) is 0. The van der Waals surface area contributed by atoms with Gasteiger partial charge in [0.25, 0.3) is 0 Å². The fraction of sp³-hybridized carbons (Fsp3) is 0.118. The summed E-state index contributed by atoms with van der Waals surface area (Å²) in [6, 6.07) is 54.6. The van der Waals surface area contributed by atoms with Crippen molar-refractivity contribution >= 4 is 43.6 Å². The Morgan fingerprint density at radius 2 is 0.929 bits per heavy atom. The SMILES string of the molecule is CC1(C)c2c(ccc3c2c2cccc4c2n3-c2ccc(-c3nc(-c5ccccc5)nc(-c5ccccc5)n3)cc2C4(C)C)-n2c3ccccc3c3cccc1c32. The molecule has 0 fully saturated rings.